The Balaban J connectivity index is 1.89. The van der Waals surface area contributed by atoms with Gasteiger partial charge in [-0.2, -0.15) is 0 Å². The lowest BCUT2D eigenvalue weighted by Gasteiger charge is -2.33. The van der Waals surface area contributed by atoms with Gasteiger partial charge in [-0.1, -0.05) is 12.1 Å². The fourth-order valence-electron chi connectivity index (χ4n) is 5.41. The number of carbonyl (C=O) groups excluding carboxylic acids is 1. The Morgan fingerprint density at radius 1 is 1.03 bits per heavy atom. The zero-order valence-corrected chi connectivity index (χ0v) is 21.0. The lowest BCUT2D eigenvalue weighted by molar-refractivity contribution is 0.0244. The number of cyclic esters (lactones) is 1. The SMILES string of the molecule is CCOc1cc(N(CC)CC)ccc1C1(c2c(C)c(C)n3ccccc23)OC(=O)c2ncccc21. The van der Waals surface area contributed by atoms with Gasteiger partial charge in [0.25, 0.3) is 0 Å². The minimum Gasteiger partial charge on any atom is -0.493 e. The molecule has 6 nitrogen and oxygen atoms in total. The summed E-state index contributed by atoms with van der Waals surface area (Å²) in [6, 6.07) is 16.1. The molecule has 1 atom stereocenters. The van der Waals surface area contributed by atoms with Gasteiger partial charge in [0.15, 0.2) is 11.3 Å². The van der Waals surface area contributed by atoms with Crippen LogP contribution in [0.15, 0.2) is 60.9 Å². The van der Waals surface area contributed by atoms with Crippen LogP contribution in [0.25, 0.3) is 5.52 Å². The van der Waals surface area contributed by atoms with Gasteiger partial charge in [-0.05, 0) is 70.5 Å². The third-order valence-electron chi connectivity index (χ3n) is 7.15. The van der Waals surface area contributed by atoms with E-state index in [0.717, 1.165) is 52.2 Å². The number of rotatable bonds is 7. The van der Waals surface area contributed by atoms with Crippen LogP contribution in [-0.4, -0.2) is 35.1 Å². The van der Waals surface area contributed by atoms with E-state index >= 15 is 0 Å². The minimum absolute atomic E-state index is 0.343. The smallest absolute Gasteiger partial charge is 0.358 e. The quantitative estimate of drug-likeness (QED) is 0.327. The van der Waals surface area contributed by atoms with E-state index in [0.29, 0.717) is 18.1 Å². The summed E-state index contributed by atoms with van der Waals surface area (Å²) in [5, 5.41) is 0. The number of ether oxygens (including phenoxy) is 2. The number of aromatic nitrogens is 2. The standard InChI is InChI=1S/C29H31N3O3/c1-6-31(7-2)21-14-15-22(25(18-21)34-8-3)29(23-12-11-16-30-27(23)28(33)35-29)26-19(4)20(5)32-17-10-9-13-24(26)32/h9-18H,6-8H2,1-5H3. The molecule has 6 heteroatoms. The number of hydrogen-bond donors (Lipinski definition) is 0. The number of nitrogens with zero attached hydrogens (tertiary/aromatic N) is 3. The molecule has 5 rings (SSSR count). The lowest BCUT2D eigenvalue weighted by Crippen LogP contribution is -2.31. The number of esters is 1. The van der Waals surface area contributed by atoms with E-state index in [9.17, 15) is 4.79 Å². The molecule has 4 heterocycles. The van der Waals surface area contributed by atoms with Gasteiger partial charge in [-0.3, -0.25) is 0 Å². The van der Waals surface area contributed by atoms with Crippen molar-refractivity contribution in [2.75, 3.05) is 24.6 Å². The van der Waals surface area contributed by atoms with Crippen molar-refractivity contribution in [2.24, 2.45) is 0 Å². The molecule has 0 saturated heterocycles. The summed E-state index contributed by atoms with van der Waals surface area (Å²) in [4.78, 5) is 20.0. The molecule has 3 aromatic heterocycles. The molecule has 0 fully saturated rings. The normalized spacial score (nSPS) is 16.9. The first-order valence-electron chi connectivity index (χ1n) is 12.3. The second kappa shape index (κ2) is 8.77. The Morgan fingerprint density at radius 2 is 1.83 bits per heavy atom. The number of fused-ring (bicyclic) bond motifs is 2. The summed E-state index contributed by atoms with van der Waals surface area (Å²) in [5.41, 5.74) is 5.86. The topological polar surface area (TPSA) is 56.1 Å². The molecule has 4 aromatic rings. The largest absolute Gasteiger partial charge is 0.493 e. The summed E-state index contributed by atoms with van der Waals surface area (Å²) in [5.74, 6) is 0.275. The summed E-state index contributed by atoms with van der Waals surface area (Å²) in [6.45, 7) is 12.7. The van der Waals surface area contributed by atoms with E-state index in [1.807, 2.05) is 37.4 Å². The van der Waals surface area contributed by atoms with Crippen molar-refractivity contribution in [3.05, 3.63) is 94.6 Å². The van der Waals surface area contributed by atoms with E-state index < -0.39 is 11.6 Å². The second-order valence-electron chi connectivity index (χ2n) is 8.80. The Labute approximate surface area is 206 Å². The van der Waals surface area contributed by atoms with Gasteiger partial charge in [-0.15, -0.1) is 0 Å². The molecule has 1 aliphatic rings. The fourth-order valence-corrected chi connectivity index (χ4v) is 5.41. The van der Waals surface area contributed by atoms with Gasteiger partial charge in [-0.25, -0.2) is 9.78 Å². The van der Waals surface area contributed by atoms with Crippen molar-refractivity contribution in [3.63, 3.8) is 0 Å². The Morgan fingerprint density at radius 3 is 2.57 bits per heavy atom. The maximum absolute atomic E-state index is 13.3. The third kappa shape index (κ3) is 3.31. The van der Waals surface area contributed by atoms with E-state index in [-0.39, 0.29) is 0 Å². The predicted octanol–water partition coefficient (Wildman–Crippen LogP) is 5.66. The molecule has 0 saturated carbocycles. The molecule has 0 spiro atoms. The van der Waals surface area contributed by atoms with E-state index in [1.165, 1.54) is 0 Å². The summed E-state index contributed by atoms with van der Waals surface area (Å²) >= 11 is 0. The molecule has 0 amide bonds. The average Bonchev–Trinajstić information content (AvgIpc) is 3.31. The number of anilines is 1. The molecular weight excluding hydrogens is 438 g/mol. The zero-order chi connectivity index (χ0) is 24.7. The minimum atomic E-state index is -1.18. The molecule has 0 N–H and O–H groups in total. The number of carbonyl (C=O) groups is 1. The molecule has 1 aromatic carbocycles. The van der Waals surface area contributed by atoms with Crippen LogP contribution in [0.2, 0.25) is 0 Å². The van der Waals surface area contributed by atoms with Gasteiger partial charge in [0.1, 0.15) is 5.75 Å². The third-order valence-corrected chi connectivity index (χ3v) is 7.15. The highest BCUT2D eigenvalue weighted by molar-refractivity contribution is 5.95. The summed E-state index contributed by atoms with van der Waals surface area (Å²) < 4.78 is 14.8. The Hall–Kier alpha value is -3.80. The van der Waals surface area contributed by atoms with Crippen molar-refractivity contribution in [1.29, 1.82) is 0 Å². The monoisotopic (exact) mass is 469 g/mol. The molecule has 0 bridgehead atoms. The van der Waals surface area contributed by atoms with Crippen LogP contribution in [-0.2, 0) is 10.3 Å². The Bertz CT molecular complexity index is 1420. The maximum Gasteiger partial charge on any atom is 0.358 e. The van der Waals surface area contributed by atoms with Gasteiger partial charge in [0.2, 0.25) is 0 Å². The fraction of sp³-hybridized carbons (Fsp3) is 0.310. The van der Waals surface area contributed by atoms with E-state index in [2.05, 4.69) is 66.2 Å². The first-order valence-corrected chi connectivity index (χ1v) is 12.3. The van der Waals surface area contributed by atoms with Crippen LogP contribution in [0.1, 0.15) is 59.2 Å². The number of benzene rings is 1. The van der Waals surface area contributed by atoms with Gasteiger partial charge in [0, 0.05) is 59.6 Å². The van der Waals surface area contributed by atoms with Crippen LogP contribution < -0.4 is 9.64 Å². The average molecular weight is 470 g/mol. The van der Waals surface area contributed by atoms with Crippen LogP contribution in [0.5, 0.6) is 5.75 Å². The van der Waals surface area contributed by atoms with Gasteiger partial charge >= 0.3 is 5.97 Å². The van der Waals surface area contributed by atoms with Gasteiger partial charge in [0.05, 0.1) is 12.1 Å². The number of hydrogen-bond acceptors (Lipinski definition) is 5. The second-order valence-corrected chi connectivity index (χ2v) is 8.80. The van der Waals surface area contributed by atoms with Crippen molar-refractivity contribution >= 4 is 17.2 Å². The molecule has 1 unspecified atom stereocenters. The first-order chi connectivity index (χ1) is 17.0. The van der Waals surface area contributed by atoms with Crippen LogP contribution >= 0.6 is 0 Å². The van der Waals surface area contributed by atoms with Crippen LogP contribution in [0.4, 0.5) is 5.69 Å². The highest BCUT2D eigenvalue weighted by atomic mass is 16.6. The zero-order valence-electron chi connectivity index (χ0n) is 21.0. The van der Waals surface area contributed by atoms with Crippen LogP contribution in [0.3, 0.4) is 0 Å². The Kier molecular flexibility index (Phi) is 5.75. The van der Waals surface area contributed by atoms with Crippen molar-refractivity contribution in [2.45, 2.75) is 40.2 Å². The van der Waals surface area contributed by atoms with Gasteiger partial charge < -0.3 is 18.8 Å². The van der Waals surface area contributed by atoms with E-state index in [4.69, 9.17) is 9.47 Å². The first kappa shape index (κ1) is 23.0. The highest BCUT2D eigenvalue weighted by Gasteiger charge is 2.53. The molecule has 35 heavy (non-hydrogen) atoms. The maximum atomic E-state index is 13.3. The van der Waals surface area contributed by atoms with Crippen LogP contribution in [0, 0.1) is 13.8 Å². The molecule has 0 aliphatic carbocycles. The van der Waals surface area contributed by atoms with Crippen molar-refractivity contribution < 1.29 is 14.3 Å². The number of pyridine rings is 2. The molecule has 1 aliphatic heterocycles. The summed E-state index contributed by atoms with van der Waals surface area (Å²) in [7, 11) is 0. The summed E-state index contributed by atoms with van der Waals surface area (Å²) in [6.07, 6.45) is 3.68. The lowest BCUT2D eigenvalue weighted by atomic mass is 9.78. The van der Waals surface area contributed by atoms with E-state index in [1.54, 1.807) is 6.20 Å². The van der Waals surface area contributed by atoms with Crippen molar-refractivity contribution in [3.8, 4) is 5.75 Å². The molecular formula is C29H31N3O3. The number of aryl methyl sites for hydroxylation is 1. The predicted molar refractivity (Wildman–Crippen MR) is 138 cm³/mol. The van der Waals surface area contributed by atoms with Crippen molar-refractivity contribution in [1.82, 2.24) is 9.38 Å². The molecule has 0 radical (unpaired) electrons. The molecule has 180 valence electrons. The highest BCUT2D eigenvalue weighted by Crippen LogP contribution is 2.52.